The quantitative estimate of drug-likeness (QED) is 0.744. The summed E-state index contributed by atoms with van der Waals surface area (Å²) in [6, 6.07) is 5.52. The molecule has 8 heteroatoms. The zero-order valence-electron chi connectivity index (χ0n) is 16.0. The summed E-state index contributed by atoms with van der Waals surface area (Å²) in [6.07, 6.45) is 5.51. The lowest BCUT2D eigenvalue weighted by atomic mass is 10.1. The second kappa shape index (κ2) is 7.46. The molecule has 4 heterocycles. The van der Waals surface area contributed by atoms with Crippen molar-refractivity contribution in [1.29, 1.82) is 0 Å². The molecule has 0 saturated heterocycles. The van der Waals surface area contributed by atoms with Crippen molar-refractivity contribution in [2.75, 3.05) is 0 Å². The number of furan rings is 1. The van der Waals surface area contributed by atoms with Crippen LogP contribution in [-0.2, 0) is 19.5 Å². The monoisotopic (exact) mass is 381 g/mol. The number of fused-ring (bicyclic) bond motifs is 1. The van der Waals surface area contributed by atoms with Gasteiger partial charge in [0.2, 0.25) is 0 Å². The number of hydrogen-bond acceptors (Lipinski definition) is 5. The standard InChI is InChI=1S/C20H23N5O3/c1-13-10-17(14(2)28-13)19(26)22-16-5-6-18-23-25(20(27)24(18)9-7-16)12-15-4-3-8-21-11-15/h3-4,8,10-11,16H,5-7,9,12H2,1-2H3,(H,22,26). The fraction of sp³-hybridized carbons (Fsp3) is 0.400. The van der Waals surface area contributed by atoms with E-state index in [1.165, 1.54) is 4.68 Å². The Morgan fingerprint density at radius 1 is 1.36 bits per heavy atom. The molecule has 0 fully saturated rings. The molecule has 0 aromatic carbocycles. The van der Waals surface area contributed by atoms with Crippen molar-refractivity contribution in [3.8, 4) is 0 Å². The zero-order chi connectivity index (χ0) is 19.7. The van der Waals surface area contributed by atoms with Gasteiger partial charge in [-0.15, -0.1) is 0 Å². The van der Waals surface area contributed by atoms with Gasteiger partial charge in [-0.2, -0.15) is 5.10 Å². The summed E-state index contributed by atoms with van der Waals surface area (Å²) >= 11 is 0. The van der Waals surface area contributed by atoms with E-state index >= 15 is 0 Å². The highest BCUT2D eigenvalue weighted by Crippen LogP contribution is 2.16. The summed E-state index contributed by atoms with van der Waals surface area (Å²) in [4.78, 5) is 29.3. The van der Waals surface area contributed by atoms with Crippen LogP contribution in [0.25, 0.3) is 0 Å². The second-order valence-corrected chi connectivity index (χ2v) is 7.19. The average molecular weight is 381 g/mol. The smallest absolute Gasteiger partial charge is 0.346 e. The SMILES string of the molecule is Cc1cc(C(=O)NC2CCc3nn(Cc4cccnc4)c(=O)n3CC2)c(C)o1. The first-order valence-electron chi connectivity index (χ1n) is 9.44. The summed E-state index contributed by atoms with van der Waals surface area (Å²) in [6.45, 7) is 4.56. The molecule has 8 nitrogen and oxygen atoms in total. The van der Waals surface area contributed by atoms with Crippen LogP contribution in [0.1, 0.15) is 46.1 Å². The molecule has 1 atom stereocenters. The van der Waals surface area contributed by atoms with Crippen LogP contribution < -0.4 is 11.0 Å². The van der Waals surface area contributed by atoms with Crippen LogP contribution in [0, 0.1) is 13.8 Å². The van der Waals surface area contributed by atoms with Gasteiger partial charge in [0.05, 0.1) is 12.1 Å². The van der Waals surface area contributed by atoms with Crippen molar-refractivity contribution in [3.05, 3.63) is 69.5 Å². The first-order chi connectivity index (χ1) is 13.5. The molecule has 0 bridgehead atoms. The Labute approximate surface area is 162 Å². The molecule has 4 rings (SSSR count). The lowest BCUT2D eigenvalue weighted by Gasteiger charge is -2.15. The van der Waals surface area contributed by atoms with Gasteiger partial charge in [0, 0.05) is 31.4 Å². The van der Waals surface area contributed by atoms with E-state index in [1.54, 1.807) is 30.0 Å². The van der Waals surface area contributed by atoms with Gasteiger partial charge in [0.15, 0.2) is 0 Å². The molecule has 28 heavy (non-hydrogen) atoms. The van der Waals surface area contributed by atoms with Crippen LogP contribution in [-0.4, -0.2) is 31.3 Å². The first kappa shape index (κ1) is 18.2. The number of amides is 1. The first-order valence-corrected chi connectivity index (χ1v) is 9.44. The summed E-state index contributed by atoms with van der Waals surface area (Å²) in [5, 5.41) is 7.58. The van der Waals surface area contributed by atoms with Crippen LogP contribution in [0.5, 0.6) is 0 Å². The molecule has 146 valence electrons. The van der Waals surface area contributed by atoms with Crippen LogP contribution in [0.4, 0.5) is 0 Å². The van der Waals surface area contributed by atoms with Crippen molar-refractivity contribution in [2.45, 2.75) is 52.2 Å². The average Bonchev–Trinajstić information content (AvgIpc) is 3.08. The molecule has 3 aromatic rings. The van der Waals surface area contributed by atoms with Crippen LogP contribution in [0.2, 0.25) is 0 Å². The number of carbonyl (C=O) groups is 1. The minimum absolute atomic E-state index is 0.00465. The summed E-state index contributed by atoms with van der Waals surface area (Å²) in [5.41, 5.74) is 1.39. The highest BCUT2D eigenvalue weighted by Gasteiger charge is 2.23. The number of nitrogens with one attached hydrogen (secondary N) is 1. The van der Waals surface area contributed by atoms with E-state index in [0.29, 0.717) is 37.3 Å². The number of rotatable bonds is 4. The number of hydrogen-bond donors (Lipinski definition) is 1. The molecule has 0 radical (unpaired) electrons. The number of aryl methyl sites for hydroxylation is 3. The van der Waals surface area contributed by atoms with Crippen molar-refractivity contribution < 1.29 is 9.21 Å². The Morgan fingerprint density at radius 2 is 2.21 bits per heavy atom. The minimum atomic E-state index is -0.132. The Bertz CT molecular complexity index is 1050. The molecule has 0 spiro atoms. The van der Waals surface area contributed by atoms with E-state index in [0.717, 1.165) is 23.6 Å². The third-order valence-electron chi connectivity index (χ3n) is 5.09. The third kappa shape index (κ3) is 3.62. The Morgan fingerprint density at radius 3 is 2.93 bits per heavy atom. The molecule has 0 aliphatic carbocycles. The molecular formula is C20H23N5O3. The maximum Gasteiger partial charge on any atom is 0.346 e. The predicted molar refractivity (Wildman–Crippen MR) is 102 cm³/mol. The van der Waals surface area contributed by atoms with E-state index in [-0.39, 0.29) is 17.6 Å². The van der Waals surface area contributed by atoms with E-state index in [1.807, 2.05) is 19.1 Å². The van der Waals surface area contributed by atoms with Gasteiger partial charge in [-0.1, -0.05) is 6.07 Å². The van der Waals surface area contributed by atoms with Gasteiger partial charge in [0.25, 0.3) is 5.91 Å². The van der Waals surface area contributed by atoms with Crippen molar-refractivity contribution in [1.82, 2.24) is 24.6 Å². The Kier molecular flexibility index (Phi) is 4.85. The topological polar surface area (TPSA) is 95.0 Å². The van der Waals surface area contributed by atoms with E-state index < -0.39 is 0 Å². The molecular weight excluding hydrogens is 358 g/mol. The largest absolute Gasteiger partial charge is 0.466 e. The van der Waals surface area contributed by atoms with Crippen LogP contribution in [0.15, 0.2) is 39.8 Å². The minimum Gasteiger partial charge on any atom is -0.466 e. The maximum atomic E-state index is 12.7. The lowest BCUT2D eigenvalue weighted by Crippen LogP contribution is -2.36. The van der Waals surface area contributed by atoms with Gasteiger partial charge < -0.3 is 9.73 Å². The summed E-state index contributed by atoms with van der Waals surface area (Å²) in [7, 11) is 0. The van der Waals surface area contributed by atoms with E-state index in [4.69, 9.17) is 4.42 Å². The van der Waals surface area contributed by atoms with Crippen LogP contribution in [0.3, 0.4) is 0 Å². The number of aromatic nitrogens is 4. The highest BCUT2D eigenvalue weighted by atomic mass is 16.3. The molecule has 1 aliphatic rings. The Balaban J connectivity index is 1.44. The maximum absolute atomic E-state index is 12.7. The Hall–Kier alpha value is -3.16. The van der Waals surface area contributed by atoms with Crippen molar-refractivity contribution >= 4 is 5.91 Å². The number of nitrogens with zero attached hydrogens (tertiary/aromatic N) is 4. The van der Waals surface area contributed by atoms with Gasteiger partial charge in [0.1, 0.15) is 17.3 Å². The van der Waals surface area contributed by atoms with Gasteiger partial charge in [-0.25, -0.2) is 9.48 Å². The number of pyridine rings is 1. The molecule has 0 saturated carbocycles. The van der Waals surface area contributed by atoms with Gasteiger partial charge in [-0.05, 0) is 44.4 Å². The van der Waals surface area contributed by atoms with Crippen LogP contribution >= 0.6 is 0 Å². The fourth-order valence-corrected chi connectivity index (χ4v) is 3.66. The van der Waals surface area contributed by atoms with Gasteiger partial charge in [-0.3, -0.25) is 14.3 Å². The third-order valence-corrected chi connectivity index (χ3v) is 5.09. The van der Waals surface area contributed by atoms with Crippen molar-refractivity contribution in [2.24, 2.45) is 0 Å². The molecule has 1 unspecified atom stereocenters. The highest BCUT2D eigenvalue weighted by molar-refractivity contribution is 5.95. The summed E-state index contributed by atoms with van der Waals surface area (Å²) in [5.74, 6) is 1.97. The van der Waals surface area contributed by atoms with Gasteiger partial charge >= 0.3 is 5.69 Å². The number of carbonyl (C=O) groups excluding carboxylic acids is 1. The summed E-state index contributed by atoms with van der Waals surface area (Å²) < 4.78 is 8.65. The molecule has 1 N–H and O–H groups in total. The lowest BCUT2D eigenvalue weighted by molar-refractivity contribution is 0.0931. The normalized spacial score (nSPS) is 16.4. The molecule has 3 aromatic heterocycles. The molecule has 1 amide bonds. The van der Waals surface area contributed by atoms with E-state index in [9.17, 15) is 9.59 Å². The van der Waals surface area contributed by atoms with Crippen molar-refractivity contribution in [3.63, 3.8) is 0 Å². The van der Waals surface area contributed by atoms with E-state index in [2.05, 4.69) is 15.4 Å². The second-order valence-electron chi connectivity index (χ2n) is 7.19. The molecule has 1 aliphatic heterocycles. The zero-order valence-corrected chi connectivity index (χ0v) is 16.0. The predicted octanol–water partition coefficient (Wildman–Crippen LogP) is 1.83. The fourth-order valence-electron chi connectivity index (χ4n) is 3.66.